The van der Waals surface area contributed by atoms with Crippen molar-refractivity contribution in [3.8, 4) is 0 Å². The monoisotopic (exact) mass is 307 g/mol. The van der Waals surface area contributed by atoms with Gasteiger partial charge in [-0.15, -0.1) is 0 Å². The van der Waals surface area contributed by atoms with Crippen molar-refractivity contribution < 1.29 is 9.18 Å². The van der Waals surface area contributed by atoms with E-state index >= 15 is 0 Å². The predicted molar refractivity (Wildman–Crippen MR) is 82.5 cm³/mol. The highest BCUT2D eigenvalue weighted by atomic mass is 35.5. The van der Waals surface area contributed by atoms with Crippen LogP contribution in [0.1, 0.15) is 22.8 Å². The Bertz CT molecular complexity index is 676. The minimum atomic E-state index is -0.565. The lowest BCUT2D eigenvalue weighted by Crippen LogP contribution is -2.16. The zero-order chi connectivity index (χ0) is 15.4. The van der Waals surface area contributed by atoms with Crippen LogP contribution in [0.5, 0.6) is 0 Å². The van der Waals surface area contributed by atoms with Crippen LogP contribution in [0.3, 0.4) is 0 Å². The van der Waals surface area contributed by atoms with Crippen LogP contribution >= 0.6 is 11.6 Å². The number of amides is 1. The van der Waals surface area contributed by atoms with Crippen LogP contribution in [-0.4, -0.2) is 17.4 Å². The van der Waals surface area contributed by atoms with Gasteiger partial charge in [-0.25, -0.2) is 9.37 Å². The molecule has 0 saturated heterocycles. The van der Waals surface area contributed by atoms with Gasteiger partial charge in [0.25, 0.3) is 5.91 Å². The van der Waals surface area contributed by atoms with Crippen molar-refractivity contribution in [2.24, 2.45) is 0 Å². The Kier molecular flexibility index (Phi) is 4.75. The van der Waals surface area contributed by atoms with Crippen molar-refractivity contribution in [1.29, 1.82) is 0 Å². The second kappa shape index (κ2) is 6.54. The van der Waals surface area contributed by atoms with E-state index < -0.39 is 11.7 Å². The molecule has 0 fully saturated rings. The van der Waals surface area contributed by atoms with Crippen LogP contribution in [0.2, 0.25) is 5.02 Å². The number of halogens is 2. The van der Waals surface area contributed by atoms with E-state index in [-0.39, 0.29) is 5.56 Å². The van der Waals surface area contributed by atoms with Gasteiger partial charge in [-0.2, -0.15) is 0 Å². The zero-order valence-electron chi connectivity index (χ0n) is 11.7. The molecule has 0 aliphatic rings. The van der Waals surface area contributed by atoms with Crippen LogP contribution in [0.4, 0.5) is 15.9 Å². The fourth-order valence-corrected chi connectivity index (χ4v) is 2.03. The molecule has 1 aromatic carbocycles. The summed E-state index contributed by atoms with van der Waals surface area (Å²) >= 11 is 6.01. The topological polar surface area (TPSA) is 54.0 Å². The SMILES string of the molecule is CCNc1ncc(F)cc1C(=O)Nc1cccc(Cl)c1C. The highest BCUT2D eigenvalue weighted by Crippen LogP contribution is 2.24. The molecule has 2 rings (SSSR count). The van der Waals surface area contributed by atoms with E-state index in [9.17, 15) is 9.18 Å². The van der Waals surface area contributed by atoms with E-state index in [2.05, 4.69) is 15.6 Å². The lowest BCUT2D eigenvalue weighted by Gasteiger charge is -2.12. The van der Waals surface area contributed by atoms with Gasteiger partial charge < -0.3 is 10.6 Å². The van der Waals surface area contributed by atoms with Gasteiger partial charge >= 0.3 is 0 Å². The molecule has 110 valence electrons. The number of carbonyl (C=O) groups excluding carboxylic acids is 1. The Hall–Kier alpha value is -2.14. The molecule has 6 heteroatoms. The predicted octanol–water partition coefficient (Wildman–Crippen LogP) is 3.87. The minimum absolute atomic E-state index is 0.149. The number of pyridine rings is 1. The molecular formula is C15H15ClFN3O. The number of anilines is 2. The Morgan fingerprint density at radius 2 is 2.19 bits per heavy atom. The first-order chi connectivity index (χ1) is 10.0. The molecule has 0 spiro atoms. The smallest absolute Gasteiger partial charge is 0.259 e. The Morgan fingerprint density at radius 1 is 1.43 bits per heavy atom. The lowest BCUT2D eigenvalue weighted by molar-refractivity contribution is 0.102. The maximum absolute atomic E-state index is 13.3. The van der Waals surface area contributed by atoms with Crippen LogP contribution in [0.15, 0.2) is 30.5 Å². The molecule has 21 heavy (non-hydrogen) atoms. The largest absolute Gasteiger partial charge is 0.370 e. The summed E-state index contributed by atoms with van der Waals surface area (Å²) in [5, 5.41) is 6.21. The number of carbonyl (C=O) groups is 1. The third-order valence-electron chi connectivity index (χ3n) is 2.96. The number of nitrogens with one attached hydrogen (secondary N) is 2. The highest BCUT2D eigenvalue weighted by molar-refractivity contribution is 6.31. The summed E-state index contributed by atoms with van der Waals surface area (Å²) in [6.07, 6.45) is 1.07. The van der Waals surface area contributed by atoms with Crippen molar-refractivity contribution >= 4 is 29.0 Å². The van der Waals surface area contributed by atoms with E-state index in [1.165, 1.54) is 0 Å². The summed E-state index contributed by atoms with van der Waals surface area (Å²) in [7, 11) is 0. The zero-order valence-corrected chi connectivity index (χ0v) is 12.5. The molecule has 0 bridgehead atoms. The minimum Gasteiger partial charge on any atom is -0.370 e. The van der Waals surface area contributed by atoms with E-state index in [0.29, 0.717) is 23.1 Å². The van der Waals surface area contributed by atoms with Gasteiger partial charge in [-0.05, 0) is 37.6 Å². The van der Waals surface area contributed by atoms with Crippen molar-refractivity contribution in [2.75, 3.05) is 17.2 Å². The van der Waals surface area contributed by atoms with Gasteiger partial charge in [0.05, 0.1) is 11.8 Å². The molecule has 1 aromatic heterocycles. The molecule has 2 aromatic rings. The fourth-order valence-electron chi connectivity index (χ4n) is 1.85. The van der Waals surface area contributed by atoms with Crippen LogP contribution in [0.25, 0.3) is 0 Å². The molecule has 0 aliphatic heterocycles. The number of rotatable bonds is 4. The van der Waals surface area contributed by atoms with Crippen molar-refractivity contribution in [1.82, 2.24) is 4.98 Å². The summed E-state index contributed by atoms with van der Waals surface area (Å²) < 4.78 is 13.3. The summed E-state index contributed by atoms with van der Waals surface area (Å²) in [6.45, 7) is 4.25. The first kappa shape index (κ1) is 15.3. The molecule has 0 radical (unpaired) electrons. The van der Waals surface area contributed by atoms with E-state index in [0.717, 1.165) is 17.8 Å². The summed E-state index contributed by atoms with van der Waals surface area (Å²) in [5.41, 5.74) is 1.48. The molecule has 1 amide bonds. The first-order valence-electron chi connectivity index (χ1n) is 6.48. The van der Waals surface area contributed by atoms with Gasteiger partial charge in [0.1, 0.15) is 11.6 Å². The van der Waals surface area contributed by atoms with E-state index in [1.54, 1.807) is 25.1 Å². The molecule has 2 N–H and O–H groups in total. The molecule has 0 saturated carbocycles. The van der Waals surface area contributed by atoms with Crippen LogP contribution in [0, 0.1) is 12.7 Å². The number of hydrogen-bond acceptors (Lipinski definition) is 3. The average Bonchev–Trinajstić information content (AvgIpc) is 2.46. The number of nitrogens with zero attached hydrogens (tertiary/aromatic N) is 1. The third-order valence-corrected chi connectivity index (χ3v) is 3.37. The number of aromatic nitrogens is 1. The summed E-state index contributed by atoms with van der Waals surface area (Å²) in [6, 6.07) is 6.36. The summed E-state index contributed by atoms with van der Waals surface area (Å²) in [4.78, 5) is 16.2. The average molecular weight is 308 g/mol. The second-order valence-corrected chi connectivity index (χ2v) is 4.85. The fraction of sp³-hybridized carbons (Fsp3) is 0.200. The van der Waals surface area contributed by atoms with Crippen LogP contribution < -0.4 is 10.6 Å². The molecule has 0 atom stereocenters. The van der Waals surface area contributed by atoms with Gasteiger partial charge in [0.2, 0.25) is 0 Å². The quantitative estimate of drug-likeness (QED) is 0.901. The second-order valence-electron chi connectivity index (χ2n) is 4.45. The molecule has 4 nitrogen and oxygen atoms in total. The normalized spacial score (nSPS) is 10.3. The third kappa shape index (κ3) is 3.49. The Morgan fingerprint density at radius 3 is 2.90 bits per heavy atom. The maximum Gasteiger partial charge on any atom is 0.259 e. The number of benzene rings is 1. The lowest BCUT2D eigenvalue weighted by atomic mass is 10.1. The summed E-state index contributed by atoms with van der Waals surface area (Å²) in [5.74, 6) is -0.663. The van der Waals surface area contributed by atoms with Gasteiger partial charge in [0, 0.05) is 17.3 Å². The highest BCUT2D eigenvalue weighted by Gasteiger charge is 2.15. The Balaban J connectivity index is 2.32. The maximum atomic E-state index is 13.3. The Labute approximate surface area is 127 Å². The molecular weight excluding hydrogens is 293 g/mol. The molecule has 1 heterocycles. The van der Waals surface area contributed by atoms with Crippen molar-refractivity contribution in [2.45, 2.75) is 13.8 Å². The van der Waals surface area contributed by atoms with E-state index in [4.69, 9.17) is 11.6 Å². The van der Waals surface area contributed by atoms with Crippen molar-refractivity contribution in [3.05, 3.63) is 52.4 Å². The first-order valence-corrected chi connectivity index (χ1v) is 6.86. The molecule has 0 aliphatic carbocycles. The van der Waals surface area contributed by atoms with Crippen LogP contribution in [-0.2, 0) is 0 Å². The standard InChI is InChI=1S/C15H15ClFN3O/c1-3-18-14-11(7-10(17)8-19-14)15(21)20-13-6-4-5-12(16)9(13)2/h4-8H,3H2,1-2H3,(H,18,19)(H,20,21). The van der Waals surface area contributed by atoms with Gasteiger partial charge in [-0.3, -0.25) is 4.79 Å². The molecule has 0 unspecified atom stereocenters. The number of hydrogen-bond donors (Lipinski definition) is 2. The van der Waals surface area contributed by atoms with E-state index in [1.807, 2.05) is 6.92 Å². The van der Waals surface area contributed by atoms with Gasteiger partial charge in [0.15, 0.2) is 0 Å². The van der Waals surface area contributed by atoms with Crippen molar-refractivity contribution in [3.63, 3.8) is 0 Å². The van der Waals surface area contributed by atoms with Gasteiger partial charge in [-0.1, -0.05) is 17.7 Å².